The molecule has 0 saturated heterocycles. The molecule has 0 spiro atoms. The lowest BCUT2D eigenvalue weighted by Gasteiger charge is -2.14. The van der Waals surface area contributed by atoms with Crippen LogP contribution in [0.25, 0.3) is 0 Å². The maximum absolute atomic E-state index is 11.9. The van der Waals surface area contributed by atoms with Gasteiger partial charge in [-0.05, 0) is 12.3 Å². The van der Waals surface area contributed by atoms with Crippen molar-refractivity contribution in [1.82, 2.24) is 0 Å². The van der Waals surface area contributed by atoms with Crippen LogP contribution in [0.2, 0.25) is 0 Å². The summed E-state index contributed by atoms with van der Waals surface area (Å²) in [6.45, 7) is 3.11. The zero-order chi connectivity index (χ0) is 11.5. The van der Waals surface area contributed by atoms with E-state index >= 15 is 0 Å². The fraction of sp³-hybridized carbons (Fsp3) is 0.750. The van der Waals surface area contributed by atoms with E-state index in [1.54, 1.807) is 13.8 Å². The number of hydrogen-bond acceptors (Lipinski definition) is 2. The van der Waals surface area contributed by atoms with Crippen LogP contribution < -0.4 is 0 Å². The van der Waals surface area contributed by atoms with Crippen molar-refractivity contribution in [3.8, 4) is 0 Å². The predicted octanol–water partition coefficient (Wildman–Crippen LogP) is 1.86. The van der Waals surface area contributed by atoms with Gasteiger partial charge in [0.15, 0.2) is 0 Å². The molecule has 0 amide bonds. The Kier molecular flexibility index (Phi) is 4.09. The molecule has 1 atom stereocenters. The molecule has 0 aliphatic rings. The normalized spacial score (nSPS) is 14.1. The Morgan fingerprint density at radius 2 is 1.71 bits per heavy atom. The number of aliphatic carboxylic acids is 1. The van der Waals surface area contributed by atoms with Crippen molar-refractivity contribution in [3.63, 3.8) is 0 Å². The number of rotatable bonds is 4. The molecule has 0 saturated carbocycles. The van der Waals surface area contributed by atoms with Crippen LogP contribution in [-0.2, 0) is 9.59 Å². The van der Waals surface area contributed by atoms with Gasteiger partial charge < -0.3 is 5.11 Å². The average Bonchev–Trinajstić information content (AvgIpc) is 1.96. The van der Waals surface area contributed by atoms with Crippen LogP contribution >= 0.6 is 0 Å². The molecule has 0 aliphatic heterocycles. The Morgan fingerprint density at radius 1 is 1.29 bits per heavy atom. The van der Waals surface area contributed by atoms with Crippen molar-refractivity contribution < 1.29 is 27.9 Å². The largest absolute Gasteiger partial charge is 0.481 e. The van der Waals surface area contributed by atoms with Gasteiger partial charge in [-0.2, -0.15) is 13.2 Å². The molecule has 0 aromatic carbocycles. The topological polar surface area (TPSA) is 54.4 Å². The smallest absolute Gasteiger partial charge is 0.450 e. The first-order valence-corrected chi connectivity index (χ1v) is 4.00. The molecule has 82 valence electrons. The highest BCUT2D eigenvalue weighted by molar-refractivity contribution is 6.01. The van der Waals surface area contributed by atoms with Crippen molar-refractivity contribution in [2.75, 3.05) is 0 Å². The highest BCUT2D eigenvalue weighted by Crippen LogP contribution is 2.25. The lowest BCUT2D eigenvalue weighted by Crippen LogP contribution is -2.36. The zero-order valence-corrected chi connectivity index (χ0v) is 7.76. The van der Waals surface area contributed by atoms with Crippen molar-refractivity contribution in [2.45, 2.75) is 26.4 Å². The van der Waals surface area contributed by atoms with Crippen molar-refractivity contribution in [3.05, 3.63) is 0 Å². The highest BCUT2D eigenvalue weighted by Gasteiger charge is 2.46. The van der Waals surface area contributed by atoms with Crippen molar-refractivity contribution >= 4 is 11.8 Å². The summed E-state index contributed by atoms with van der Waals surface area (Å²) in [7, 11) is 0. The Bertz CT molecular complexity index is 232. The summed E-state index contributed by atoms with van der Waals surface area (Å²) in [4.78, 5) is 21.0. The zero-order valence-electron chi connectivity index (χ0n) is 7.76. The van der Waals surface area contributed by atoms with E-state index in [2.05, 4.69) is 0 Å². The minimum absolute atomic E-state index is 0.276. The monoisotopic (exact) mass is 212 g/mol. The molecule has 0 radical (unpaired) electrons. The Morgan fingerprint density at radius 3 is 1.93 bits per heavy atom. The predicted molar refractivity (Wildman–Crippen MR) is 41.6 cm³/mol. The summed E-state index contributed by atoms with van der Waals surface area (Å²) in [6, 6.07) is 0. The van der Waals surface area contributed by atoms with Crippen molar-refractivity contribution in [2.24, 2.45) is 11.8 Å². The van der Waals surface area contributed by atoms with Gasteiger partial charge >= 0.3 is 12.1 Å². The summed E-state index contributed by atoms with van der Waals surface area (Å²) >= 11 is 0. The van der Waals surface area contributed by atoms with Crippen molar-refractivity contribution in [1.29, 1.82) is 0 Å². The Balaban J connectivity index is 4.68. The van der Waals surface area contributed by atoms with Gasteiger partial charge in [0.2, 0.25) is 5.78 Å². The average molecular weight is 212 g/mol. The Labute approximate surface area is 78.9 Å². The minimum atomic E-state index is -5.07. The van der Waals surface area contributed by atoms with Crippen LogP contribution in [0.3, 0.4) is 0 Å². The number of carboxylic acids is 1. The molecule has 0 heterocycles. The molecule has 0 rings (SSSR count). The third-order valence-electron chi connectivity index (χ3n) is 1.60. The van der Waals surface area contributed by atoms with Gasteiger partial charge in [0.1, 0.15) is 5.92 Å². The fourth-order valence-corrected chi connectivity index (χ4v) is 0.989. The summed E-state index contributed by atoms with van der Waals surface area (Å²) in [5, 5.41) is 8.44. The molecule has 3 nitrogen and oxygen atoms in total. The van der Waals surface area contributed by atoms with Crippen LogP contribution in [-0.4, -0.2) is 23.0 Å². The number of carbonyl (C=O) groups excluding carboxylic acids is 1. The van der Waals surface area contributed by atoms with Gasteiger partial charge in [0, 0.05) is 0 Å². The first kappa shape index (κ1) is 12.9. The maximum Gasteiger partial charge on any atom is 0.450 e. The second-order valence-corrected chi connectivity index (χ2v) is 3.38. The SMILES string of the molecule is CC(C)CC(C(=O)O)C(=O)C(F)(F)F. The summed E-state index contributed by atoms with van der Waals surface area (Å²) < 4.78 is 35.7. The van der Waals surface area contributed by atoms with Crippen LogP contribution in [0.4, 0.5) is 13.2 Å². The quantitative estimate of drug-likeness (QED) is 0.723. The standard InChI is InChI=1S/C8H11F3O3/c1-4(2)3-5(7(13)14)6(12)8(9,10)11/h4-5H,3H2,1-2H3,(H,13,14). The number of Topliss-reactive ketones (excluding diaryl/α,β-unsaturated/α-hetero) is 1. The molecular formula is C8H11F3O3. The second kappa shape index (κ2) is 4.43. The van der Waals surface area contributed by atoms with Gasteiger partial charge in [0.25, 0.3) is 0 Å². The maximum atomic E-state index is 11.9. The fourth-order valence-electron chi connectivity index (χ4n) is 0.989. The molecule has 1 unspecified atom stereocenters. The van der Waals surface area contributed by atoms with E-state index in [0.29, 0.717) is 0 Å². The second-order valence-electron chi connectivity index (χ2n) is 3.38. The molecule has 0 aromatic rings. The van der Waals surface area contributed by atoms with Crippen LogP contribution in [0, 0.1) is 11.8 Å². The van der Waals surface area contributed by atoms with E-state index in [1.165, 1.54) is 0 Å². The number of halogens is 3. The number of carboxylic acid groups (broad SMARTS) is 1. The summed E-state index contributed by atoms with van der Waals surface area (Å²) in [6.07, 6.45) is -5.37. The van der Waals surface area contributed by atoms with Gasteiger partial charge in [-0.15, -0.1) is 0 Å². The number of ketones is 1. The first-order valence-electron chi connectivity index (χ1n) is 4.00. The third-order valence-corrected chi connectivity index (χ3v) is 1.60. The molecule has 1 N–H and O–H groups in total. The molecule has 0 bridgehead atoms. The highest BCUT2D eigenvalue weighted by atomic mass is 19.4. The molecule has 0 aliphatic carbocycles. The first-order chi connectivity index (χ1) is 6.16. The third kappa shape index (κ3) is 3.76. The van der Waals surface area contributed by atoms with E-state index in [0.717, 1.165) is 0 Å². The van der Waals surface area contributed by atoms with E-state index in [1.807, 2.05) is 0 Å². The van der Waals surface area contributed by atoms with Gasteiger partial charge in [0.05, 0.1) is 0 Å². The molecule has 6 heteroatoms. The molecular weight excluding hydrogens is 201 g/mol. The van der Waals surface area contributed by atoms with Gasteiger partial charge in [-0.25, -0.2) is 0 Å². The van der Waals surface area contributed by atoms with Crippen LogP contribution in [0.1, 0.15) is 20.3 Å². The summed E-state index contributed by atoms with van der Waals surface area (Å²) in [5.41, 5.74) is 0. The van der Waals surface area contributed by atoms with E-state index in [4.69, 9.17) is 5.11 Å². The van der Waals surface area contributed by atoms with Gasteiger partial charge in [-0.1, -0.05) is 13.8 Å². The summed E-state index contributed by atoms with van der Waals surface area (Å²) in [5.74, 6) is -6.16. The molecule has 14 heavy (non-hydrogen) atoms. The van der Waals surface area contributed by atoms with E-state index in [-0.39, 0.29) is 12.3 Å². The van der Waals surface area contributed by atoms with Crippen LogP contribution in [0.15, 0.2) is 0 Å². The number of hydrogen-bond donors (Lipinski definition) is 1. The van der Waals surface area contributed by atoms with Gasteiger partial charge in [-0.3, -0.25) is 9.59 Å². The van der Waals surface area contributed by atoms with E-state index < -0.39 is 23.8 Å². The molecule has 0 aromatic heterocycles. The number of carbonyl (C=O) groups is 2. The lowest BCUT2D eigenvalue weighted by molar-refractivity contribution is -0.180. The molecule has 0 fully saturated rings. The minimum Gasteiger partial charge on any atom is -0.481 e. The van der Waals surface area contributed by atoms with Crippen LogP contribution in [0.5, 0.6) is 0 Å². The van der Waals surface area contributed by atoms with E-state index in [9.17, 15) is 22.8 Å². The number of alkyl halides is 3. The Hall–Kier alpha value is -1.07. The lowest BCUT2D eigenvalue weighted by atomic mass is 9.93.